The van der Waals surface area contributed by atoms with Gasteiger partial charge in [-0.05, 0) is 67.8 Å². The molecule has 0 unspecified atom stereocenters. The molecule has 0 saturated heterocycles. The van der Waals surface area contributed by atoms with Crippen LogP contribution in [0, 0.1) is 24.0 Å². The van der Waals surface area contributed by atoms with Crippen LogP contribution in [0.5, 0.6) is 17.2 Å². The van der Waals surface area contributed by atoms with Crippen LogP contribution < -0.4 is 19.6 Å². The number of nitrogens with zero attached hydrogens (tertiary/aromatic N) is 2. The van der Waals surface area contributed by atoms with Gasteiger partial charge >= 0.3 is 11.9 Å². The summed E-state index contributed by atoms with van der Waals surface area (Å²) < 4.78 is 21.2. The van der Waals surface area contributed by atoms with E-state index in [4.69, 9.17) is 18.6 Å². The quantitative estimate of drug-likeness (QED) is 0.151. The molecular weight excluding hydrogens is 458 g/mol. The highest BCUT2D eigenvalue weighted by Gasteiger charge is 2.20. The van der Waals surface area contributed by atoms with Crippen molar-refractivity contribution in [3.63, 3.8) is 0 Å². The summed E-state index contributed by atoms with van der Waals surface area (Å²) in [5.41, 5.74) is 4.87. The molecule has 0 atom stereocenters. The minimum atomic E-state index is -0.920. The Hall–Kier alpha value is -4.67. The number of nitro groups is 1. The number of hydrogen-bond donors (Lipinski definition) is 1. The number of hydrogen-bond acceptors (Lipinski definition) is 9. The number of nitrogens with one attached hydrogen (secondary N) is 1. The van der Waals surface area contributed by atoms with Gasteiger partial charge in [-0.25, -0.2) is 10.2 Å². The van der Waals surface area contributed by atoms with Crippen LogP contribution in [-0.4, -0.2) is 36.2 Å². The van der Waals surface area contributed by atoms with Gasteiger partial charge in [-0.15, -0.1) is 0 Å². The molecule has 3 aromatic rings. The minimum absolute atomic E-state index is 0.0824. The van der Waals surface area contributed by atoms with Gasteiger partial charge in [-0.3, -0.25) is 14.9 Å². The zero-order valence-corrected chi connectivity index (χ0v) is 19.3. The number of ether oxygens (including phenoxy) is 3. The first kappa shape index (κ1) is 25.0. The van der Waals surface area contributed by atoms with Crippen molar-refractivity contribution >= 4 is 24.0 Å². The van der Waals surface area contributed by atoms with Crippen LogP contribution in [-0.2, 0) is 4.79 Å². The Morgan fingerprint density at radius 2 is 1.86 bits per heavy atom. The lowest BCUT2D eigenvalue weighted by Crippen LogP contribution is -2.24. The molecule has 1 heterocycles. The molecule has 0 saturated carbocycles. The van der Waals surface area contributed by atoms with Crippen LogP contribution in [0.15, 0.2) is 58.0 Å². The summed E-state index contributed by atoms with van der Waals surface area (Å²) in [5, 5.41) is 14.6. The van der Waals surface area contributed by atoms with Gasteiger partial charge in [0.1, 0.15) is 10.7 Å². The van der Waals surface area contributed by atoms with Crippen molar-refractivity contribution in [1.29, 1.82) is 0 Å². The van der Waals surface area contributed by atoms with Crippen molar-refractivity contribution in [2.45, 2.75) is 20.8 Å². The average Bonchev–Trinajstić information content (AvgIpc) is 3.32. The molecule has 182 valence electrons. The zero-order chi connectivity index (χ0) is 25.4. The highest BCUT2D eigenvalue weighted by molar-refractivity contribution is 5.89. The maximum Gasteiger partial charge on any atom is 0.433 e. The Morgan fingerprint density at radius 1 is 1.06 bits per heavy atom. The lowest BCUT2D eigenvalue weighted by Gasteiger charge is -2.10. The molecule has 0 aliphatic rings. The number of esters is 1. The number of carbonyl (C=O) groups is 2. The number of furan rings is 1. The zero-order valence-electron chi connectivity index (χ0n) is 19.3. The number of amides is 1. The van der Waals surface area contributed by atoms with Crippen molar-refractivity contribution in [2.24, 2.45) is 5.10 Å². The Kier molecular flexibility index (Phi) is 8.17. The van der Waals surface area contributed by atoms with Crippen LogP contribution >= 0.6 is 0 Å². The molecule has 3 rings (SSSR count). The third kappa shape index (κ3) is 6.90. The number of rotatable bonds is 10. The summed E-state index contributed by atoms with van der Waals surface area (Å²) in [7, 11) is 0. The van der Waals surface area contributed by atoms with E-state index in [1.54, 1.807) is 19.1 Å². The number of carbonyl (C=O) groups excluding carboxylic acids is 2. The summed E-state index contributed by atoms with van der Waals surface area (Å²) in [6.45, 7) is 5.65. The maximum atomic E-state index is 12.3. The van der Waals surface area contributed by atoms with E-state index in [0.29, 0.717) is 11.3 Å². The molecule has 1 amide bonds. The molecule has 0 fully saturated rings. The summed E-state index contributed by atoms with van der Waals surface area (Å²) >= 11 is 0. The fourth-order valence-electron chi connectivity index (χ4n) is 2.86. The van der Waals surface area contributed by atoms with E-state index in [-0.39, 0.29) is 30.5 Å². The lowest BCUT2D eigenvalue weighted by molar-refractivity contribution is -0.402. The molecule has 0 aliphatic carbocycles. The van der Waals surface area contributed by atoms with Gasteiger partial charge in [0.15, 0.2) is 18.1 Å². The van der Waals surface area contributed by atoms with E-state index in [1.807, 2.05) is 32.0 Å². The fourth-order valence-corrected chi connectivity index (χ4v) is 2.86. The second-order valence-corrected chi connectivity index (χ2v) is 7.27. The van der Waals surface area contributed by atoms with Crippen molar-refractivity contribution in [2.75, 3.05) is 13.2 Å². The predicted octanol–water partition coefficient (Wildman–Crippen LogP) is 3.95. The third-order valence-corrected chi connectivity index (χ3v) is 4.55. The number of hydrazone groups is 1. The fraction of sp³-hybridized carbons (Fsp3) is 0.208. The van der Waals surface area contributed by atoms with E-state index in [0.717, 1.165) is 23.3 Å². The van der Waals surface area contributed by atoms with Crippen LogP contribution in [0.3, 0.4) is 0 Å². The van der Waals surface area contributed by atoms with Gasteiger partial charge in [-0.1, -0.05) is 12.1 Å². The molecule has 11 heteroatoms. The molecule has 0 spiro atoms. The predicted molar refractivity (Wildman–Crippen MR) is 125 cm³/mol. The van der Waals surface area contributed by atoms with Gasteiger partial charge in [-0.2, -0.15) is 5.10 Å². The van der Waals surface area contributed by atoms with Gasteiger partial charge in [0.25, 0.3) is 5.91 Å². The first-order valence-corrected chi connectivity index (χ1v) is 10.5. The molecule has 11 nitrogen and oxygen atoms in total. The Bertz CT molecular complexity index is 1270. The second-order valence-electron chi connectivity index (χ2n) is 7.27. The average molecular weight is 481 g/mol. The first-order chi connectivity index (χ1) is 16.8. The van der Waals surface area contributed by atoms with E-state index >= 15 is 0 Å². The first-order valence-electron chi connectivity index (χ1n) is 10.5. The summed E-state index contributed by atoms with van der Waals surface area (Å²) in [6, 6.07) is 12.5. The summed E-state index contributed by atoms with van der Waals surface area (Å²) in [5.74, 6) is -1.32. The van der Waals surface area contributed by atoms with E-state index in [2.05, 4.69) is 10.5 Å². The van der Waals surface area contributed by atoms with Crippen LogP contribution in [0.2, 0.25) is 0 Å². The minimum Gasteiger partial charge on any atom is -0.490 e. The van der Waals surface area contributed by atoms with Crippen molar-refractivity contribution in [3.8, 4) is 17.2 Å². The summed E-state index contributed by atoms with van der Waals surface area (Å²) in [4.78, 5) is 34.3. The van der Waals surface area contributed by atoms with E-state index in [1.165, 1.54) is 12.3 Å². The molecule has 0 radical (unpaired) electrons. The number of aryl methyl sites for hydroxylation is 2. The Labute approximate surface area is 200 Å². The van der Waals surface area contributed by atoms with Gasteiger partial charge in [0.05, 0.1) is 18.9 Å². The normalized spacial score (nSPS) is 10.7. The van der Waals surface area contributed by atoms with E-state index < -0.39 is 22.7 Å². The topological polar surface area (TPSA) is 142 Å². The third-order valence-electron chi connectivity index (χ3n) is 4.55. The molecule has 1 aromatic heterocycles. The van der Waals surface area contributed by atoms with Crippen LogP contribution in [0.1, 0.15) is 34.2 Å². The van der Waals surface area contributed by atoms with Crippen molar-refractivity contribution in [1.82, 2.24) is 5.43 Å². The standard InChI is InChI=1S/C24H23N3O8/c1-4-32-21-12-17(7-8-18(21)35-24(29)19-9-10-23(34-19)27(30)31)13-25-26-22(28)14-33-20-11-15(2)5-6-16(20)3/h5-13H,4,14H2,1-3H3,(H,26,28)/b25-13-. The van der Waals surface area contributed by atoms with Gasteiger partial charge < -0.3 is 18.6 Å². The van der Waals surface area contributed by atoms with Crippen molar-refractivity contribution < 1.29 is 33.1 Å². The lowest BCUT2D eigenvalue weighted by atomic mass is 10.1. The smallest absolute Gasteiger partial charge is 0.433 e. The second kappa shape index (κ2) is 11.5. The Balaban J connectivity index is 1.60. The molecule has 35 heavy (non-hydrogen) atoms. The van der Waals surface area contributed by atoms with Gasteiger partial charge in [0, 0.05) is 0 Å². The molecule has 0 bridgehead atoms. The number of benzene rings is 2. The Morgan fingerprint density at radius 3 is 2.57 bits per heavy atom. The van der Waals surface area contributed by atoms with Crippen LogP contribution in [0.25, 0.3) is 0 Å². The van der Waals surface area contributed by atoms with Crippen LogP contribution in [0.4, 0.5) is 5.88 Å². The van der Waals surface area contributed by atoms with E-state index in [9.17, 15) is 19.7 Å². The van der Waals surface area contributed by atoms with Crippen molar-refractivity contribution in [3.05, 3.63) is 81.1 Å². The maximum absolute atomic E-state index is 12.3. The monoisotopic (exact) mass is 481 g/mol. The highest BCUT2D eigenvalue weighted by atomic mass is 16.7. The largest absolute Gasteiger partial charge is 0.490 e. The molecule has 0 aliphatic heterocycles. The summed E-state index contributed by atoms with van der Waals surface area (Å²) in [6.07, 6.45) is 1.39. The molecule has 2 aromatic carbocycles. The highest BCUT2D eigenvalue weighted by Crippen LogP contribution is 2.29. The molecule has 1 N–H and O–H groups in total. The van der Waals surface area contributed by atoms with Gasteiger partial charge in [0.2, 0.25) is 5.76 Å². The SMILES string of the molecule is CCOc1cc(/C=N\NC(=O)COc2cc(C)ccc2C)ccc1OC(=O)c1ccc([N+](=O)[O-])o1. The molecular formula is C24H23N3O8.